The third-order valence-corrected chi connectivity index (χ3v) is 6.05. The van der Waals surface area contributed by atoms with Crippen LogP contribution in [0.4, 0.5) is 0 Å². The molecule has 0 aliphatic carbocycles. The van der Waals surface area contributed by atoms with Crippen molar-refractivity contribution in [1.82, 2.24) is 19.5 Å². The van der Waals surface area contributed by atoms with Crippen molar-refractivity contribution in [3.05, 3.63) is 12.7 Å². The van der Waals surface area contributed by atoms with Crippen LogP contribution in [0.25, 0.3) is 11.2 Å². The largest absolute Gasteiger partial charge is 0.492 e. The molecule has 1 unspecified atom stereocenters. The van der Waals surface area contributed by atoms with Crippen molar-refractivity contribution in [2.45, 2.75) is 49.0 Å². The Balaban J connectivity index is 1.68. The van der Waals surface area contributed by atoms with Crippen molar-refractivity contribution >= 4 is 25.0 Å². The molecule has 0 saturated carbocycles. The minimum Gasteiger partial charge on any atom is -0.492 e. The van der Waals surface area contributed by atoms with Crippen molar-refractivity contribution in [2.24, 2.45) is 0 Å². The first-order chi connectivity index (χ1) is 16.4. The number of aliphatic hydroxyl groups excluding tert-OH is 6. The maximum atomic E-state index is 12.2. The van der Waals surface area contributed by atoms with Gasteiger partial charge >= 0.3 is 13.8 Å². The van der Waals surface area contributed by atoms with E-state index in [0.29, 0.717) is 0 Å². The maximum absolute atomic E-state index is 12.2. The zero-order valence-electron chi connectivity index (χ0n) is 17.5. The molecule has 1 saturated heterocycles. The lowest BCUT2D eigenvalue weighted by Gasteiger charge is -2.27. The zero-order valence-corrected chi connectivity index (χ0v) is 18.4. The highest BCUT2D eigenvalue weighted by atomic mass is 31.2. The number of aromatic nitrogens is 4. The lowest BCUT2D eigenvalue weighted by atomic mass is 10.0. The minimum absolute atomic E-state index is 0.0301. The summed E-state index contributed by atoms with van der Waals surface area (Å²) in [4.78, 5) is 32.5. The molecule has 1 fully saturated rings. The quantitative estimate of drug-likeness (QED) is 0.125. The Morgan fingerprint density at radius 3 is 2.49 bits per heavy atom. The van der Waals surface area contributed by atoms with E-state index in [1.54, 1.807) is 0 Å². The van der Waals surface area contributed by atoms with Gasteiger partial charge in [0.05, 0.1) is 19.5 Å². The van der Waals surface area contributed by atoms with E-state index in [9.17, 15) is 44.9 Å². The maximum Gasteiger partial charge on any atom is 0.473 e. The standard InChI is InChI=1S/C16H23N4O14P/c21-1-5(22)8(23)10(25)12(16(28)29)34-35(30,31)32-2-6-9(24)11(26)15(33-6)20-4-19-7-13(20)17-3-18-14(7)27/h3-6,8-12,15,21-26H,1-2H2,(H,28,29)(H,30,31)(H,17,18,27)/t5-,6-,8-,9-,10+,11-,12-,15-/m1/s1. The van der Waals surface area contributed by atoms with Crippen LogP contribution < -0.4 is 0 Å². The summed E-state index contributed by atoms with van der Waals surface area (Å²) >= 11 is 0. The fourth-order valence-electron chi connectivity index (χ4n) is 3.23. The highest BCUT2D eigenvalue weighted by Gasteiger charge is 2.46. The third-order valence-electron chi connectivity index (χ3n) is 5.08. The van der Waals surface area contributed by atoms with E-state index in [2.05, 4.69) is 24.0 Å². The van der Waals surface area contributed by atoms with Gasteiger partial charge in [-0.2, -0.15) is 4.98 Å². The second-order valence-corrected chi connectivity index (χ2v) is 8.83. The second-order valence-electron chi connectivity index (χ2n) is 7.43. The highest BCUT2D eigenvalue weighted by Crippen LogP contribution is 2.46. The van der Waals surface area contributed by atoms with E-state index >= 15 is 0 Å². The van der Waals surface area contributed by atoms with Gasteiger partial charge in [0.1, 0.15) is 43.0 Å². The van der Waals surface area contributed by atoms with Crippen LogP contribution in [-0.2, 0) is 23.1 Å². The van der Waals surface area contributed by atoms with Crippen molar-refractivity contribution < 1.29 is 68.9 Å². The van der Waals surface area contributed by atoms with E-state index in [1.165, 1.54) is 0 Å². The van der Waals surface area contributed by atoms with E-state index in [1.807, 2.05) is 0 Å². The zero-order chi connectivity index (χ0) is 26.1. The topological polar surface area (TPSA) is 288 Å². The average molecular weight is 526 g/mol. The fraction of sp³-hybridized carbons (Fsp3) is 0.625. The van der Waals surface area contributed by atoms with Gasteiger partial charge < -0.3 is 50.5 Å². The summed E-state index contributed by atoms with van der Waals surface area (Å²) < 4.78 is 27.9. The monoisotopic (exact) mass is 526 g/mol. The van der Waals surface area contributed by atoms with Crippen LogP contribution in [-0.4, -0.2) is 127 Å². The number of aliphatic hydroxyl groups is 6. The number of hydrogen-bond donors (Lipinski definition) is 9. The van der Waals surface area contributed by atoms with E-state index < -0.39 is 81.8 Å². The summed E-state index contributed by atoms with van der Waals surface area (Å²) in [6, 6.07) is 0. The van der Waals surface area contributed by atoms with Crippen LogP contribution >= 0.6 is 7.82 Å². The normalized spacial score (nSPS) is 27.9. The molecule has 18 nitrogen and oxygen atoms in total. The molecule has 3 rings (SSSR count). The number of phosphoric ester groups is 1. The number of fused-ring (bicyclic) bond motifs is 1. The molecule has 196 valence electrons. The summed E-state index contributed by atoms with van der Waals surface area (Å²) in [5.74, 6) is -2.46. The number of nitrogens with zero attached hydrogens (tertiary/aromatic N) is 4. The average Bonchev–Trinajstić information content (AvgIpc) is 3.36. The van der Waals surface area contributed by atoms with Crippen molar-refractivity contribution in [3.8, 4) is 5.88 Å². The summed E-state index contributed by atoms with van der Waals surface area (Å²) in [6.45, 7) is -1.98. The lowest BCUT2D eigenvalue weighted by molar-refractivity contribution is -0.163. The lowest BCUT2D eigenvalue weighted by Crippen LogP contribution is -2.49. The summed E-state index contributed by atoms with van der Waals surface area (Å²) in [7, 11) is -5.30. The molecule has 0 aromatic carbocycles. The Bertz CT molecular complexity index is 1090. The number of rotatable bonds is 11. The first kappa shape index (κ1) is 27.2. The summed E-state index contributed by atoms with van der Waals surface area (Å²) in [5.41, 5.74) is 0.00548. The highest BCUT2D eigenvalue weighted by molar-refractivity contribution is 7.47. The van der Waals surface area contributed by atoms with Crippen LogP contribution in [0.3, 0.4) is 0 Å². The number of phosphoric acid groups is 1. The molecule has 2 aromatic heterocycles. The van der Waals surface area contributed by atoms with Crippen molar-refractivity contribution in [3.63, 3.8) is 0 Å². The number of carbonyl (C=O) groups is 1. The molecule has 3 heterocycles. The van der Waals surface area contributed by atoms with Gasteiger partial charge in [-0.1, -0.05) is 0 Å². The molecule has 0 amide bonds. The van der Waals surface area contributed by atoms with Gasteiger partial charge in [0, 0.05) is 0 Å². The molecule has 0 radical (unpaired) electrons. The molecule has 0 bridgehead atoms. The molecule has 9 atom stereocenters. The Kier molecular flexibility index (Phi) is 8.35. The van der Waals surface area contributed by atoms with Gasteiger partial charge in [-0.3, -0.25) is 13.6 Å². The summed E-state index contributed by atoms with van der Waals surface area (Å²) in [6.07, 6.45) is -13.2. The van der Waals surface area contributed by atoms with Crippen LogP contribution in [0, 0.1) is 0 Å². The third kappa shape index (κ3) is 5.74. The number of imidazole rings is 1. The van der Waals surface area contributed by atoms with Crippen LogP contribution in [0.1, 0.15) is 6.23 Å². The van der Waals surface area contributed by atoms with Gasteiger partial charge in [-0.15, -0.1) is 0 Å². The molecular weight excluding hydrogens is 503 g/mol. The van der Waals surface area contributed by atoms with Crippen molar-refractivity contribution in [2.75, 3.05) is 13.2 Å². The smallest absolute Gasteiger partial charge is 0.473 e. The Labute approximate surface area is 194 Å². The number of aromatic hydroxyl groups is 1. The Hall–Kier alpha value is -2.35. The van der Waals surface area contributed by atoms with Gasteiger partial charge in [0.15, 0.2) is 23.5 Å². The predicted molar refractivity (Wildman–Crippen MR) is 106 cm³/mol. The van der Waals surface area contributed by atoms with Crippen molar-refractivity contribution in [1.29, 1.82) is 0 Å². The minimum atomic E-state index is -5.30. The first-order valence-corrected chi connectivity index (χ1v) is 11.3. The Morgan fingerprint density at radius 1 is 1.17 bits per heavy atom. The second kappa shape index (κ2) is 10.7. The molecule has 35 heavy (non-hydrogen) atoms. The number of carboxylic acid groups (broad SMARTS) is 1. The Morgan fingerprint density at radius 2 is 1.86 bits per heavy atom. The number of hydrogen-bond acceptors (Lipinski definition) is 15. The van der Waals surface area contributed by atoms with E-state index in [0.717, 1.165) is 17.2 Å². The van der Waals surface area contributed by atoms with Gasteiger partial charge in [0.2, 0.25) is 5.88 Å². The molecule has 1 aliphatic rings. The molecule has 0 spiro atoms. The summed E-state index contributed by atoms with van der Waals surface area (Å²) in [5, 5.41) is 77.2. The SMILES string of the molecule is O=C(O)[C@H](OP(=O)(O)OC[C@H]1O[C@@H](n2cnc3c(O)ncnc32)[C@H](O)[C@@H]1O)[C@@H](O)[C@H](O)[C@H](O)CO. The van der Waals surface area contributed by atoms with Gasteiger partial charge in [0.25, 0.3) is 0 Å². The van der Waals surface area contributed by atoms with Gasteiger partial charge in [-0.05, 0) is 0 Å². The first-order valence-electron chi connectivity index (χ1n) is 9.79. The van der Waals surface area contributed by atoms with Crippen LogP contribution in [0.2, 0.25) is 0 Å². The number of aliphatic carboxylic acids is 1. The van der Waals surface area contributed by atoms with Crippen LogP contribution in [0.5, 0.6) is 5.88 Å². The molecule has 1 aliphatic heterocycles. The molecular formula is C16H23N4O14P. The molecule has 2 aromatic rings. The van der Waals surface area contributed by atoms with E-state index in [-0.39, 0.29) is 11.2 Å². The molecule has 9 N–H and O–H groups in total. The number of carboxylic acids is 1. The predicted octanol–water partition coefficient (Wildman–Crippen LogP) is -4.19. The number of ether oxygens (including phenoxy) is 1. The van der Waals surface area contributed by atoms with Crippen LogP contribution in [0.15, 0.2) is 12.7 Å². The fourth-order valence-corrected chi connectivity index (χ4v) is 4.13. The van der Waals surface area contributed by atoms with Gasteiger partial charge in [-0.25, -0.2) is 19.3 Å². The molecule has 19 heteroatoms. The van der Waals surface area contributed by atoms with E-state index in [4.69, 9.17) is 14.9 Å².